The monoisotopic (exact) mass is 620 g/mol. The molecule has 0 spiro atoms. The van der Waals surface area contributed by atoms with Crippen molar-refractivity contribution in [2.24, 2.45) is 0 Å². The van der Waals surface area contributed by atoms with E-state index in [-0.39, 0.29) is 0 Å². The second-order valence-corrected chi connectivity index (χ2v) is 13.3. The molecular formula is C49H32. The first kappa shape index (κ1) is 27.8. The third-order valence-corrected chi connectivity index (χ3v) is 10.5. The van der Waals surface area contributed by atoms with Crippen LogP contribution in [0.1, 0.15) is 5.56 Å². The van der Waals surface area contributed by atoms with Crippen molar-refractivity contribution in [2.75, 3.05) is 0 Å². The van der Waals surface area contributed by atoms with E-state index < -0.39 is 0 Å². The summed E-state index contributed by atoms with van der Waals surface area (Å²) in [6.07, 6.45) is 0. The van der Waals surface area contributed by atoms with Crippen molar-refractivity contribution < 1.29 is 0 Å². The highest BCUT2D eigenvalue weighted by molar-refractivity contribution is 6.22. The SMILES string of the molecule is Cc1ccc2c(-c3ccc4c(c3)-c3ccccc3-c3ccccc3-c3ccccc3-4)c3ccccc3c(-c3ccc4ccccc4c3)c2c1. The Morgan fingerprint density at radius 3 is 1.31 bits per heavy atom. The predicted octanol–water partition coefficient (Wildman–Crippen LogP) is 13.8. The van der Waals surface area contributed by atoms with Gasteiger partial charge in [0.15, 0.2) is 0 Å². The first-order chi connectivity index (χ1) is 24.2. The molecule has 228 valence electrons. The molecule has 1 aliphatic rings. The topological polar surface area (TPSA) is 0 Å². The molecule has 0 nitrogen and oxygen atoms in total. The number of aryl methyl sites for hydroxylation is 1. The van der Waals surface area contributed by atoms with E-state index in [0.29, 0.717) is 0 Å². The zero-order valence-electron chi connectivity index (χ0n) is 27.2. The van der Waals surface area contributed by atoms with Crippen LogP contribution in [-0.4, -0.2) is 0 Å². The van der Waals surface area contributed by atoms with E-state index in [9.17, 15) is 0 Å². The van der Waals surface area contributed by atoms with Crippen molar-refractivity contribution in [3.8, 4) is 66.8 Å². The third kappa shape index (κ3) is 4.31. The summed E-state index contributed by atoms with van der Waals surface area (Å²) in [4.78, 5) is 0. The molecule has 10 rings (SSSR count). The van der Waals surface area contributed by atoms with Gasteiger partial charge in [-0.1, -0.05) is 169 Å². The molecule has 0 atom stereocenters. The summed E-state index contributed by atoms with van der Waals surface area (Å²) in [5, 5.41) is 7.63. The number of rotatable bonds is 2. The minimum Gasteiger partial charge on any atom is -0.0616 e. The van der Waals surface area contributed by atoms with Crippen LogP contribution in [-0.2, 0) is 0 Å². The molecule has 0 aliphatic heterocycles. The molecule has 0 heterocycles. The highest BCUT2D eigenvalue weighted by atomic mass is 14.3. The molecule has 0 heteroatoms. The molecule has 0 amide bonds. The van der Waals surface area contributed by atoms with Crippen LogP contribution in [0.25, 0.3) is 99.1 Å². The van der Waals surface area contributed by atoms with Gasteiger partial charge in [0, 0.05) is 0 Å². The molecule has 1 aliphatic carbocycles. The maximum Gasteiger partial charge on any atom is -0.00261 e. The van der Waals surface area contributed by atoms with Crippen LogP contribution in [0.2, 0.25) is 0 Å². The zero-order chi connectivity index (χ0) is 32.5. The van der Waals surface area contributed by atoms with Crippen molar-refractivity contribution >= 4 is 32.3 Å². The van der Waals surface area contributed by atoms with Crippen molar-refractivity contribution in [3.63, 3.8) is 0 Å². The first-order valence-corrected chi connectivity index (χ1v) is 17.1. The van der Waals surface area contributed by atoms with Gasteiger partial charge in [-0.3, -0.25) is 0 Å². The maximum absolute atomic E-state index is 2.45. The van der Waals surface area contributed by atoms with Crippen molar-refractivity contribution in [3.05, 3.63) is 181 Å². The Hall–Kier alpha value is -6.24. The van der Waals surface area contributed by atoms with Gasteiger partial charge < -0.3 is 0 Å². The van der Waals surface area contributed by atoms with E-state index in [1.165, 1.54) is 105 Å². The lowest BCUT2D eigenvalue weighted by Gasteiger charge is -2.24. The van der Waals surface area contributed by atoms with Gasteiger partial charge in [0.2, 0.25) is 0 Å². The van der Waals surface area contributed by atoms with Gasteiger partial charge in [-0.2, -0.15) is 0 Å². The minimum atomic E-state index is 1.23. The highest BCUT2D eigenvalue weighted by Crippen LogP contribution is 2.50. The zero-order valence-corrected chi connectivity index (χ0v) is 27.2. The molecule has 0 saturated heterocycles. The van der Waals surface area contributed by atoms with E-state index in [1.807, 2.05) is 0 Å². The van der Waals surface area contributed by atoms with E-state index >= 15 is 0 Å². The average Bonchev–Trinajstić information content (AvgIpc) is 3.16. The molecule has 0 saturated carbocycles. The third-order valence-electron chi connectivity index (χ3n) is 10.5. The lowest BCUT2D eigenvalue weighted by Crippen LogP contribution is -1.98. The van der Waals surface area contributed by atoms with Gasteiger partial charge in [0.05, 0.1) is 0 Å². The van der Waals surface area contributed by atoms with Gasteiger partial charge >= 0.3 is 0 Å². The molecule has 9 aromatic carbocycles. The summed E-state index contributed by atoms with van der Waals surface area (Å²) >= 11 is 0. The molecule has 0 fully saturated rings. The highest BCUT2D eigenvalue weighted by Gasteiger charge is 2.23. The van der Waals surface area contributed by atoms with Crippen molar-refractivity contribution in [1.82, 2.24) is 0 Å². The van der Waals surface area contributed by atoms with Crippen LogP contribution in [0.15, 0.2) is 176 Å². The van der Waals surface area contributed by atoms with Crippen LogP contribution in [0.5, 0.6) is 0 Å². The first-order valence-electron chi connectivity index (χ1n) is 17.1. The predicted molar refractivity (Wildman–Crippen MR) is 210 cm³/mol. The second-order valence-electron chi connectivity index (χ2n) is 13.3. The number of fused-ring (bicyclic) bond motifs is 11. The molecule has 0 aromatic heterocycles. The quantitative estimate of drug-likeness (QED) is 0.169. The Morgan fingerprint density at radius 1 is 0.265 bits per heavy atom. The van der Waals surface area contributed by atoms with Crippen LogP contribution in [0.3, 0.4) is 0 Å². The van der Waals surface area contributed by atoms with Crippen molar-refractivity contribution in [1.29, 1.82) is 0 Å². The van der Waals surface area contributed by atoms with Crippen LogP contribution < -0.4 is 0 Å². The van der Waals surface area contributed by atoms with Gasteiger partial charge in [-0.25, -0.2) is 0 Å². The van der Waals surface area contributed by atoms with E-state index in [1.54, 1.807) is 0 Å². The maximum atomic E-state index is 2.45. The Balaban J connectivity index is 1.30. The molecule has 9 aromatic rings. The van der Waals surface area contributed by atoms with E-state index in [2.05, 4.69) is 183 Å². The number of benzene rings is 9. The Labute approximate surface area is 286 Å². The number of hydrogen-bond acceptors (Lipinski definition) is 0. The molecule has 0 unspecified atom stereocenters. The largest absolute Gasteiger partial charge is 0.0616 e. The lowest BCUT2D eigenvalue weighted by molar-refractivity contribution is 1.50. The van der Waals surface area contributed by atoms with Crippen LogP contribution in [0, 0.1) is 6.92 Å². The molecular weight excluding hydrogens is 589 g/mol. The molecule has 49 heavy (non-hydrogen) atoms. The summed E-state index contributed by atoms with van der Waals surface area (Å²) in [6, 6.07) is 65.4. The summed E-state index contributed by atoms with van der Waals surface area (Å²) in [5.41, 5.74) is 16.5. The summed E-state index contributed by atoms with van der Waals surface area (Å²) in [5.74, 6) is 0. The van der Waals surface area contributed by atoms with Crippen LogP contribution in [0.4, 0.5) is 0 Å². The smallest absolute Gasteiger partial charge is 0.00261 e. The van der Waals surface area contributed by atoms with Gasteiger partial charge in [0.1, 0.15) is 0 Å². The fourth-order valence-corrected chi connectivity index (χ4v) is 8.28. The molecule has 0 N–H and O–H groups in total. The number of hydrogen-bond donors (Lipinski definition) is 0. The lowest BCUT2D eigenvalue weighted by atomic mass is 9.79. The Kier molecular flexibility index (Phi) is 6.19. The Bertz CT molecular complexity index is 2770. The van der Waals surface area contributed by atoms with Gasteiger partial charge in [-0.05, 0) is 118 Å². The van der Waals surface area contributed by atoms with Crippen LogP contribution >= 0.6 is 0 Å². The summed E-state index contributed by atoms with van der Waals surface area (Å²) in [6.45, 7) is 2.20. The molecule has 0 bridgehead atoms. The normalized spacial score (nSPS) is 11.8. The van der Waals surface area contributed by atoms with E-state index in [0.717, 1.165) is 0 Å². The fourth-order valence-electron chi connectivity index (χ4n) is 8.28. The van der Waals surface area contributed by atoms with Crippen molar-refractivity contribution in [2.45, 2.75) is 6.92 Å². The minimum absolute atomic E-state index is 1.23. The Morgan fingerprint density at radius 2 is 0.694 bits per heavy atom. The standard InChI is InChI=1S/C49H32/c1-31-22-26-45-47(28-31)49(34-24-23-32-12-2-3-13-33(32)29-34)44-21-11-10-20-43(44)48(45)35-25-27-42-40-18-7-6-16-38(40)36-14-4-5-15-37(36)39-17-8-9-19-41(39)46(42)30-35/h2-30H,1H3. The molecule has 0 radical (unpaired) electrons. The summed E-state index contributed by atoms with van der Waals surface area (Å²) in [7, 11) is 0. The second kappa shape index (κ2) is 10.9. The van der Waals surface area contributed by atoms with Gasteiger partial charge in [0.25, 0.3) is 0 Å². The van der Waals surface area contributed by atoms with E-state index in [4.69, 9.17) is 0 Å². The average molecular weight is 621 g/mol. The van der Waals surface area contributed by atoms with Gasteiger partial charge in [-0.15, -0.1) is 0 Å². The fraction of sp³-hybridized carbons (Fsp3) is 0.0204. The summed E-state index contributed by atoms with van der Waals surface area (Å²) < 4.78 is 0.